The van der Waals surface area contributed by atoms with E-state index in [-0.39, 0.29) is 11.8 Å². The molecule has 1 fully saturated rings. The van der Waals surface area contributed by atoms with Crippen molar-refractivity contribution in [3.63, 3.8) is 0 Å². The third-order valence-electron chi connectivity index (χ3n) is 3.72. The van der Waals surface area contributed by atoms with E-state index in [1.165, 1.54) is 5.69 Å². The molecule has 2 aromatic carbocycles. The average Bonchev–Trinajstić information content (AvgIpc) is 2.99. The molecule has 20 heavy (non-hydrogen) atoms. The molecule has 0 spiro atoms. The lowest BCUT2D eigenvalue weighted by molar-refractivity contribution is -0.119. The number of benzene rings is 2. The van der Waals surface area contributed by atoms with Crippen LogP contribution in [0.5, 0.6) is 0 Å². The molecule has 1 atom stereocenters. The van der Waals surface area contributed by atoms with Crippen LogP contribution in [0.4, 0.5) is 11.4 Å². The normalized spacial score (nSPS) is 18.0. The van der Waals surface area contributed by atoms with Gasteiger partial charge >= 0.3 is 0 Å². The Bertz CT molecular complexity index is 568. The first-order chi connectivity index (χ1) is 9.83. The Morgan fingerprint density at radius 1 is 1.00 bits per heavy atom. The molecule has 1 saturated heterocycles. The summed E-state index contributed by atoms with van der Waals surface area (Å²) in [6, 6.07) is 19.9. The largest absolute Gasteiger partial charge is 0.371 e. The van der Waals surface area contributed by atoms with Crippen molar-refractivity contribution < 1.29 is 4.79 Å². The Labute approximate surface area is 119 Å². The van der Waals surface area contributed by atoms with Crippen molar-refractivity contribution in [2.75, 3.05) is 23.3 Å². The van der Waals surface area contributed by atoms with Gasteiger partial charge in [-0.3, -0.25) is 4.79 Å². The second-order valence-corrected chi connectivity index (χ2v) is 5.12. The summed E-state index contributed by atoms with van der Waals surface area (Å²) in [6.07, 6.45) is 0.910. The molecule has 1 aliphatic rings. The van der Waals surface area contributed by atoms with Gasteiger partial charge in [0.2, 0.25) is 5.91 Å². The van der Waals surface area contributed by atoms with Crippen molar-refractivity contribution in [1.82, 2.24) is 0 Å². The Hall–Kier alpha value is -2.29. The lowest BCUT2D eigenvalue weighted by atomic mass is 10.1. The number of nitrogens with zero attached hydrogens (tertiary/aromatic N) is 1. The van der Waals surface area contributed by atoms with Crippen molar-refractivity contribution in [2.24, 2.45) is 5.92 Å². The Kier molecular flexibility index (Phi) is 3.68. The van der Waals surface area contributed by atoms with Gasteiger partial charge in [0.1, 0.15) is 0 Å². The van der Waals surface area contributed by atoms with Crippen LogP contribution in [0, 0.1) is 5.92 Å². The first-order valence-electron chi connectivity index (χ1n) is 6.99. The van der Waals surface area contributed by atoms with Crippen LogP contribution in [0.1, 0.15) is 6.42 Å². The predicted molar refractivity (Wildman–Crippen MR) is 81.8 cm³/mol. The van der Waals surface area contributed by atoms with Crippen LogP contribution in [-0.2, 0) is 4.79 Å². The zero-order valence-corrected chi connectivity index (χ0v) is 11.3. The summed E-state index contributed by atoms with van der Waals surface area (Å²) in [5.41, 5.74) is 2.07. The van der Waals surface area contributed by atoms with Crippen LogP contribution < -0.4 is 10.2 Å². The van der Waals surface area contributed by atoms with E-state index in [4.69, 9.17) is 0 Å². The lowest BCUT2D eigenvalue weighted by Gasteiger charge is -2.18. The fourth-order valence-electron chi connectivity index (χ4n) is 2.61. The number of nitrogens with one attached hydrogen (secondary N) is 1. The van der Waals surface area contributed by atoms with Crippen LogP contribution in [0.25, 0.3) is 0 Å². The molecule has 1 heterocycles. The minimum absolute atomic E-state index is 0.0652. The summed E-state index contributed by atoms with van der Waals surface area (Å²) >= 11 is 0. The molecule has 102 valence electrons. The highest BCUT2D eigenvalue weighted by atomic mass is 16.1. The van der Waals surface area contributed by atoms with E-state index in [0.29, 0.717) is 0 Å². The molecule has 0 aromatic heterocycles. The van der Waals surface area contributed by atoms with Gasteiger partial charge in [-0.25, -0.2) is 0 Å². The van der Waals surface area contributed by atoms with Gasteiger partial charge in [0.25, 0.3) is 0 Å². The van der Waals surface area contributed by atoms with Gasteiger partial charge in [-0.05, 0) is 30.7 Å². The molecule has 1 N–H and O–H groups in total. The fourth-order valence-corrected chi connectivity index (χ4v) is 2.61. The second kappa shape index (κ2) is 5.78. The number of para-hydroxylation sites is 2. The van der Waals surface area contributed by atoms with E-state index in [0.717, 1.165) is 25.2 Å². The maximum atomic E-state index is 12.3. The number of rotatable bonds is 3. The summed E-state index contributed by atoms with van der Waals surface area (Å²) in [6.45, 7) is 1.74. The molecule has 0 bridgehead atoms. The Morgan fingerprint density at radius 2 is 1.65 bits per heavy atom. The zero-order chi connectivity index (χ0) is 13.8. The number of hydrogen-bond acceptors (Lipinski definition) is 2. The Morgan fingerprint density at radius 3 is 2.35 bits per heavy atom. The van der Waals surface area contributed by atoms with Crippen molar-refractivity contribution in [3.05, 3.63) is 60.7 Å². The maximum Gasteiger partial charge on any atom is 0.229 e. The highest BCUT2D eigenvalue weighted by Gasteiger charge is 2.28. The van der Waals surface area contributed by atoms with Gasteiger partial charge in [0.15, 0.2) is 0 Å². The van der Waals surface area contributed by atoms with Crippen LogP contribution in [-0.4, -0.2) is 19.0 Å². The highest BCUT2D eigenvalue weighted by Crippen LogP contribution is 2.24. The zero-order valence-electron chi connectivity index (χ0n) is 11.3. The number of carbonyl (C=O) groups is 1. The lowest BCUT2D eigenvalue weighted by Crippen LogP contribution is -2.26. The molecule has 0 radical (unpaired) electrons. The first-order valence-corrected chi connectivity index (χ1v) is 6.99. The van der Waals surface area contributed by atoms with Gasteiger partial charge in [0, 0.05) is 24.5 Å². The summed E-state index contributed by atoms with van der Waals surface area (Å²) < 4.78 is 0. The SMILES string of the molecule is O=C(Nc1ccccc1)C1CCN(c2ccccc2)C1. The van der Waals surface area contributed by atoms with Crippen molar-refractivity contribution in [2.45, 2.75) is 6.42 Å². The Balaban J connectivity index is 1.61. The van der Waals surface area contributed by atoms with Crippen molar-refractivity contribution >= 4 is 17.3 Å². The van der Waals surface area contributed by atoms with E-state index in [9.17, 15) is 4.79 Å². The monoisotopic (exact) mass is 266 g/mol. The van der Waals surface area contributed by atoms with Gasteiger partial charge in [-0.2, -0.15) is 0 Å². The van der Waals surface area contributed by atoms with Gasteiger partial charge in [-0.1, -0.05) is 36.4 Å². The quantitative estimate of drug-likeness (QED) is 0.925. The molecule has 3 nitrogen and oxygen atoms in total. The molecule has 2 aromatic rings. The van der Waals surface area contributed by atoms with Gasteiger partial charge < -0.3 is 10.2 Å². The molecular weight excluding hydrogens is 248 g/mol. The van der Waals surface area contributed by atoms with Crippen molar-refractivity contribution in [1.29, 1.82) is 0 Å². The minimum Gasteiger partial charge on any atom is -0.371 e. The van der Waals surface area contributed by atoms with E-state index >= 15 is 0 Å². The number of carbonyl (C=O) groups excluding carboxylic acids is 1. The van der Waals surface area contributed by atoms with E-state index in [2.05, 4.69) is 22.3 Å². The van der Waals surface area contributed by atoms with Gasteiger partial charge in [0.05, 0.1) is 5.92 Å². The number of hydrogen-bond donors (Lipinski definition) is 1. The molecule has 0 saturated carbocycles. The molecule has 0 aliphatic carbocycles. The van der Waals surface area contributed by atoms with E-state index < -0.39 is 0 Å². The molecule has 1 amide bonds. The first kappa shape index (κ1) is 12.7. The minimum atomic E-state index is 0.0652. The molecular formula is C17H18N2O. The van der Waals surface area contributed by atoms with Crippen LogP contribution in [0.2, 0.25) is 0 Å². The number of amides is 1. The molecule has 3 rings (SSSR count). The van der Waals surface area contributed by atoms with E-state index in [1.807, 2.05) is 48.5 Å². The van der Waals surface area contributed by atoms with Crippen molar-refractivity contribution in [3.8, 4) is 0 Å². The average molecular weight is 266 g/mol. The molecule has 1 unspecified atom stereocenters. The standard InChI is InChI=1S/C17H18N2O/c20-17(18-15-7-3-1-4-8-15)14-11-12-19(13-14)16-9-5-2-6-10-16/h1-10,14H,11-13H2,(H,18,20). The van der Waals surface area contributed by atoms with E-state index in [1.54, 1.807) is 0 Å². The predicted octanol–water partition coefficient (Wildman–Crippen LogP) is 3.15. The third kappa shape index (κ3) is 2.82. The number of anilines is 2. The summed E-state index contributed by atoms with van der Waals surface area (Å²) in [7, 11) is 0. The smallest absolute Gasteiger partial charge is 0.229 e. The molecule has 3 heteroatoms. The highest BCUT2D eigenvalue weighted by molar-refractivity contribution is 5.93. The van der Waals surface area contributed by atoms with Crippen LogP contribution in [0.3, 0.4) is 0 Å². The fraction of sp³-hybridized carbons (Fsp3) is 0.235. The summed E-state index contributed by atoms with van der Waals surface area (Å²) in [4.78, 5) is 14.5. The van der Waals surface area contributed by atoms with Crippen LogP contribution in [0.15, 0.2) is 60.7 Å². The summed E-state index contributed by atoms with van der Waals surface area (Å²) in [5.74, 6) is 0.185. The molecule has 1 aliphatic heterocycles. The maximum absolute atomic E-state index is 12.3. The summed E-state index contributed by atoms with van der Waals surface area (Å²) in [5, 5.41) is 2.99. The topological polar surface area (TPSA) is 32.3 Å². The third-order valence-corrected chi connectivity index (χ3v) is 3.72. The van der Waals surface area contributed by atoms with Crippen LogP contribution >= 0.6 is 0 Å². The second-order valence-electron chi connectivity index (χ2n) is 5.12. The van der Waals surface area contributed by atoms with Gasteiger partial charge in [-0.15, -0.1) is 0 Å².